The molecule has 0 aliphatic heterocycles. The van der Waals surface area contributed by atoms with E-state index in [9.17, 15) is 5.11 Å². The first-order chi connectivity index (χ1) is 12.4. The Morgan fingerprint density at radius 2 is 1.77 bits per heavy atom. The second-order valence-corrected chi connectivity index (χ2v) is 6.59. The van der Waals surface area contributed by atoms with Crippen LogP contribution in [-0.4, -0.2) is 17.1 Å². The molecule has 0 aliphatic rings. The molecule has 0 bridgehead atoms. The van der Waals surface area contributed by atoms with Crippen molar-refractivity contribution in [3.63, 3.8) is 0 Å². The molecule has 0 unspecified atom stereocenters. The standard InChI is InChI=1S/C10H8BrNO2.C8H10ClN.CH2O/c1-6-9(13)10(14-12-6)7-2-4-8(11)5-3-7;1-6(10)7-4-2-3-5-8(7)9;1-2/h2-5,13H,1H3;2-6H,10H2,1H3;1H2/t;6-;/m.0./s1. The molecule has 3 rings (SSSR count). The largest absolute Gasteiger partial charge is 0.503 e. The molecule has 1 heterocycles. The summed E-state index contributed by atoms with van der Waals surface area (Å²) in [7, 11) is 0. The zero-order chi connectivity index (χ0) is 19.7. The van der Waals surface area contributed by atoms with Gasteiger partial charge in [-0.2, -0.15) is 0 Å². The number of benzene rings is 2. The van der Waals surface area contributed by atoms with Crippen LogP contribution in [0.15, 0.2) is 57.5 Å². The van der Waals surface area contributed by atoms with Crippen LogP contribution in [0.2, 0.25) is 5.02 Å². The maximum absolute atomic E-state index is 9.59. The molecular weight excluding hydrogens is 420 g/mol. The van der Waals surface area contributed by atoms with Crippen molar-refractivity contribution in [2.75, 3.05) is 0 Å². The Labute approximate surface area is 165 Å². The summed E-state index contributed by atoms with van der Waals surface area (Å²) in [6.45, 7) is 5.61. The van der Waals surface area contributed by atoms with Crippen molar-refractivity contribution in [3.05, 3.63) is 69.3 Å². The third-order valence-electron chi connectivity index (χ3n) is 3.33. The summed E-state index contributed by atoms with van der Waals surface area (Å²) in [4.78, 5) is 8.00. The highest BCUT2D eigenvalue weighted by molar-refractivity contribution is 9.10. The Morgan fingerprint density at radius 1 is 1.19 bits per heavy atom. The van der Waals surface area contributed by atoms with E-state index in [-0.39, 0.29) is 11.8 Å². The van der Waals surface area contributed by atoms with Gasteiger partial charge in [-0.05, 0) is 49.7 Å². The number of halogens is 2. The topological polar surface area (TPSA) is 89.4 Å². The number of aryl methyl sites for hydroxylation is 1. The molecule has 2 aromatic carbocycles. The van der Waals surface area contributed by atoms with E-state index in [1.807, 2.05) is 62.2 Å². The number of hydrogen-bond acceptors (Lipinski definition) is 5. The molecule has 3 N–H and O–H groups in total. The number of nitrogens with zero attached hydrogens (tertiary/aromatic N) is 1. The zero-order valence-electron chi connectivity index (χ0n) is 14.4. The van der Waals surface area contributed by atoms with Crippen LogP contribution in [-0.2, 0) is 4.79 Å². The van der Waals surface area contributed by atoms with Crippen molar-refractivity contribution in [1.82, 2.24) is 5.16 Å². The first-order valence-corrected chi connectivity index (χ1v) is 8.77. The molecule has 0 spiro atoms. The molecule has 0 amide bonds. The predicted octanol–water partition coefficient (Wildman–Crippen LogP) is 5.29. The van der Waals surface area contributed by atoms with Gasteiger partial charge in [-0.1, -0.05) is 50.9 Å². The van der Waals surface area contributed by atoms with Gasteiger partial charge in [0.05, 0.1) is 0 Å². The quantitative estimate of drug-likeness (QED) is 0.566. The summed E-state index contributed by atoms with van der Waals surface area (Å²) in [6, 6.07) is 15.1. The van der Waals surface area contributed by atoms with Gasteiger partial charge in [0.2, 0.25) is 5.76 Å². The minimum atomic E-state index is 0.0219. The molecule has 0 fully saturated rings. The lowest BCUT2D eigenvalue weighted by Crippen LogP contribution is -2.04. The number of hydrogen-bond donors (Lipinski definition) is 2. The third-order valence-corrected chi connectivity index (χ3v) is 4.21. The van der Waals surface area contributed by atoms with Gasteiger partial charge in [-0.25, -0.2) is 0 Å². The molecular formula is C19H20BrClN2O3. The van der Waals surface area contributed by atoms with E-state index in [4.69, 9.17) is 26.7 Å². The monoisotopic (exact) mass is 438 g/mol. The van der Waals surface area contributed by atoms with Crippen LogP contribution in [0.25, 0.3) is 11.3 Å². The normalized spacial score (nSPS) is 10.8. The maximum atomic E-state index is 9.59. The van der Waals surface area contributed by atoms with Gasteiger partial charge in [0.15, 0.2) is 5.75 Å². The highest BCUT2D eigenvalue weighted by Gasteiger charge is 2.12. The van der Waals surface area contributed by atoms with Crippen molar-refractivity contribution in [1.29, 1.82) is 0 Å². The summed E-state index contributed by atoms with van der Waals surface area (Å²) in [6.07, 6.45) is 0. The predicted molar refractivity (Wildman–Crippen MR) is 107 cm³/mol. The summed E-state index contributed by atoms with van der Waals surface area (Å²) < 4.78 is 5.99. The van der Waals surface area contributed by atoms with Gasteiger partial charge in [0.1, 0.15) is 12.5 Å². The van der Waals surface area contributed by atoms with Crippen LogP contribution in [0, 0.1) is 6.92 Å². The molecule has 0 radical (unpaired) electrons. The lowest BCUT2D eigenvalue weighted by molar-refractivity contribution is -0.0979. The fraction of sp³-hybridized carbons (Fsp3) is 0.158. The molecule has 5 nitrogen and oxygen atoms in total. The van der Waals surface area contributed by atoms with Crippen molar-refractivity contribution >= 4 is 34.3 Å². The number of carbonyl (C=O) groups excluding carboxylic acids is 1. The van der Waals surface area contributed by atoms with E-state index in [1.165, 1.54) is 0 Å². The van der Waals surface area contributed by atoms with E-state index >= 15 is 0 Å². The fourth-order valence-electron chi connectivity index (χ4n) is 2.00. The molecule has 0 aliphatic carbocycles. The van der Waals surface area contributed by atoms with E-state index < -0.39 is 0 Å². The number of nitrogens with two attached hydrogens (primary N) is 1. The molecule has 138 valence electrons. The smallest absolute Gasteiger partial charge is 0.208 e. The van der Waals surface area contributed by atoms with E-state index in [1.54, 1.807) is 6.92 Å². The summed E-state index contributed by atoms with van der Waals surface area (Å²) >= 11 is 9.17. The van der Waals surface area contributed by atoms with Crippen molar-refractivity contribution in [2.45, 2.75) is 19.9 Å². The van der Waals surface area contributed by atoms with Gasteiger partial charge in [0.25, 0.3) is 0 Å². The van der Waals surface area contributed by atoms with Crippen LogP contribution < -0.4 is 5.73 Å². The molecule has 26 heavy (non-hydrogen) atoms. The first kappa shape index (κ1) is 21.9. The van der Waals surface area contributed by atoms with E-state index in [2.05, 4.69) is 21.1 Å². The van der Waals surface area contributed by atoms with Gasteiger partial charge >= 0.3 is 0 Å². The molecule has 1 aromatic heterocycles. The number of aromatic hydroxyl groups is 1. The van der Waals surface area contributed by atoms with Crippen molar-refractivity contribution in [2.24, 2.45) is 5.73 Å². The molecule has 0 saturated carbocycles. The minimum absolute atomic E-state index is 0.0219. The highest BCUT2D eigenvalue weighted by atomic mass is 79.9. The minimum Gasteiger partial charge on any atom is -0.503 e. The lowest BCUT2D eigenvalue weighted by atomic mass is 10.1. The molecule has 0 saturated heterocycles. The van der Waals surface area contributed by atoms with Gasteiger partial charge in [-0.3, -0.25) is 0 Å². The highest BCUT2D eigenvalue weighted by Crippen LogP contribution is 2.32. The summed E-state index contributed by atoms with van der Waals surface area (Å²) in [5, 5.41) is 14.0. The lowest BCUT2D eigenvalue weighted by Gasteiger charge is -2.05. The van der Waals surface area contributed by atoms with Crippen LogP contribution >= 0.6 is 27.5 Å². The first-order valence-electron chi connectivity index (χ1n) is 7.60. The Morgan fingerprint density at radius 3 is 2.19 bits per heavy atom. The maximum Gasteiger partial charge on any atom is 0.208 e. The average molecular weight is 440 g/mol. The number of carbonyl (C=O) groups is 1. The summed E-state index contributed by atoms with van der Waals surface area (Å²) in [5.74, 6) is 0.516. The Bertz CT molecular complexity index is 820. The average Bonchev–Trinajstić information content (AvgIpc) is 2.97. The Kier molecular flexibility index (Phi) is 9.05. The van der Waals surface area contributed by atoms with Crippen LogP contribution in [0.1, 0.15) is 24.2 Å². The van der Waals surface area contributed by atoms with E-state index in [0.29, 0.717) is 11.5 Å². The second kappa shape index (κ2) is 10.8. The Balaban J connectivity index is 0.000000249. The SMILES string of the molecule is C=O.C[C@H](N)c1ccccc1Cl.Cc1noc(-c2ccc(Br)cc2)c1O. The summed E-state index contributed by atoms with van der Waals surface area (Å²) in [5.41, 5.74) is 7.95. The van der Waals surface area contributed by atoms with Gasteiger partial charge in [0, 0.05) is 21.1 Å². The molecule has 3 aromatic rings. The number of rotatable bonds is 2. The van der Waals surface area contributed by atoms with E-state index in [0.717, 1.165) is 20.6 Å². The van der Waals surface area contributed by atoms with Crippen LogP contribution in [0.3, 0.4) is 0 Å². The van der Waals surface area contributed by atoms with Crippen molar-refractivity contribution in [3.8, 4) is 17.1 Å². The Hall–Kier alpha value is -2.15. The fourth-order valence-corrected chi connectivity index (χ4v) is 2.57. The van der Waals surface area contributed by atoms with Crippen molar-refractivity contribution < 1.29 is 14.4 Å². The van der Waals surface area contributed by atoms with Crippen LogP contribution in [0.4, 0.5) is 0 Å². The van der Waals surface area contributed by atoms with Gasteiger partial charge in [-0.15, -0.1) is 0 Å². The second-order valence-electron chi connectivity index (χ2n) is 5.26. The van der Waals surface area contributed by atoms with Crippen LogP contribution in [0.5, 0.6) is 5.75 Å². The molecule has 7 heteroatoms. The number of aromatic nitrogens is 1. The van der Waals surface area contributed by atoms with Gasteiger partial charge < -0.3 is 20.2 Å². The zero-order valence-corrected chi connectivity index (χ0v) is 16.8. The molecule has 1 atom stereocenters. The third kappa shape index (κ3) is 5.98.